The molecule has 0 spiro atoms. The fraction of sp³-hybridized carbons (Fsp3) is 0.800. The van der Waals surface area contributed by atoms with Crippen molar-refractivity contribution in [3.8, 4) is 0 Å². The highest BCUT2D eigenvalue weighted by atomic mass is 16.2. The number of nitrogens with zero attached hydrogens (tertiary/aromatic N) is 5. The van der Waals surface area contributed by atoms with Gasteiger partial charge in [-0.1, -0.05) is 6.92 Å². The van der Waals surface area contributed by atoms with Crippen LogP contribution in [-0.2, 0) is 4.79 Å². The van der Waals surface area contributed by atoms with Gasteiger partial charge in [0.1, 0.15) is 6.33 Å². The van der Waals surface area contributed by atoms with Crippen LogP contribution in [-0.4, -0.2) is 76.7 Å². The monoisotopic (exact) mass is 306 g/mol. The van der Waals surface area contributed by atoms with Gasteiger partial charge in [0.15, 0.2) is 0 Å². The lowest BCUT2D eigenvalue weighted by atomic mass is 9.99. The van der Waals surface area contributed by atoms with Crippen LogP contribution in [0.3, 0.4) is 0 Å². The van der Waals surface area contributed by atoms with Crippen molar-refractivity contribution < 1.29 is 4.79 Å². The van der Waals surface area contributed by atoms with Gasteiger partial charge < -0.3 is 9.80 Å². The fourth-order valence-corrected chi connectivity index (χ4v) is 3.20. The number of hydrogen-bond acceptors (Lipinski definition) is 5. The Bertz CT molecular complexity index is 460. The molecule has 0 aromatic carbocycles. The topological polar surface area (TPSA) is 68.4 Å². The number of rotatable bonds is 4. The molecular formula is C15H26N6O. The summed E-state index contributed by atoms with van der Waals surface area (Å²) in [6.07, 6.45) is 4.50. The van der Waals surface area contributed by atoms with Crippen molar-refractivity contribution in [3.05, 3.63) is 6.33 Å². The van der Waals surface area contributed by atoms with E-state index in [1.165, 1.54) is 0 Å². The minimum absolute atomic E-state index is 0.324. The van der Waals surface area contributed by atoms with Gasteiger partial charge in [0, 0.05) is 52.2 Å². The highest BCUT2D eigenvalue weighted by Gasteiger charge is 2.22. The third-order valence-corrected chi connectivity index (χ3v) is 4.85. The molecule has 0 radical (unpaired) electrons. The number of piperidine rings is 1. The molecule has 1 aromatic rings. The smallest absolute Gasteiger partial charge is 0.223 e. The first-order valence-corrected chi connectivity index (χ1v) is 8.33. The Morgan fingerprint density at radius 2 is 1.95 bits per heavy atom. The number of amides is 1. The minimum Gasteiger partial charge on any atom is -0.343 e. The molecule has 0 bridgehead atoms. The van der Waals surface area contributed by atoms with Gasteiger partial charge in [0.25, 0.3) is 0 Å². The van der Waals surface area contributed by atoms with Crippen molar-refractivity contribution in [2.24, 2.45) is 5.92 Å². The van der Waals surface area contributed by atoms with Gasteiger partial charge in [-0.05, 0) is 18.8 Å². The predicted octanol–water partition coefficient (Wildman–Crippen LogP) is 0.575. The molecule has 1 amide bonds. The molecule has 0 atom stereocenters. The van der Waals surface area contributed by atoms with E-state index < -0.39 is 0 Å². The van der Waals surface area contributed by atoms with Gasteiger partial charge in [-0.15, -0.1) is 0 Å². The molecule has 7 heteroatoms. The summed E-state index contributed by atoms with van der Waals surface area (Å²) < 4.78 is 0. The lowest BCUT2D eigenvalue weighted by Gasteiger charge is -2.35. The Hall–Kier alpha value is -1.63. The van der Waals surface area contributed by atoms with E-state index in [1.807, 2.05) is 4.90 Å². The van der Waals surface area contributed by atoms with Crippen molar-refractivity contribution in [2.75, 3.05) is 50.7 Å². The summed E-state index contributed by atoms with van der Waals surface area (Å²) in [5.74, 6) is 1.94. The van der Waals surface area contributed by atoms with E-state index in [1.54, 1.807) is 6.33 Å². The maximum Gasteiger partial charge on any atom is 0.223 e. The largest absolute Gasteiger partial charge is 0.343 e. The van der Waals surface area contributed by atoms with E-state index in [9.17, 15) is 4.79 Å². The average molecular weight is 306 g/mol. The third kappa shape index (κ3) is 3.76. The summed E-state index contributed by atoms with van der Waals surface area (Å²) in [7, 11) is 0. The van der Waals surface area contributed by atoms with Crippen molar-refractivity contribution >= 4 is 11.9 Å². The van der Waals surface area contributed by atoms with E-state index >= 15 is 0 Å². The molecule has 3 rings (SSSR count). The molecule has 7 nitrogen and oxygen atoms in total. The highest BCUT2D eigenvalue weighted by Crippen LogP contribution is 2.17. The zero-order chi connectivity index (χ0) is 15.4. The van der Waals surface area contributed by atoms with Crippen LogP contribution in [0.5, 0.6) is 0 Å². The number of H-pyrrole nitrogens is 1. The number of nitrogens with one attached hydrogen (secondary N) is 1. The number of aromatic nitrogens is 3. The van der Waals surface area contributed by atoms with E-state index in [0.29, 0.717) is 12.3 Å². The molecule has 1 N–H and O–H groups in total. The maximum atomic E-state index is 12.3. The highest BCUT2D eigenvalue weighted by molar-refractivity contribution is 5.76. The van der Waals surface area contributed by atoms with Crippen LogP contribution in [0.4, 0.5) is 5.95 Å². The first-order valence-electron chi connectivity index (χ1n) is 8.33. The molecular weight excluding hydrogens is 280 g/mol. The molecule has 0 aliphatic carbocycles. The van der Waals surface area contributed by atoms with Crippen molar-refractivity contribution in [2.45, 2.75) is 26.2 Å². The Kier molecular flexibility index (Phi) is 4.92. The molecule has 22 heavy (non-hydrogen) atoms. The second-order valence-electron chi connectivity index (χ2n) is 6.45. The Morgan fingerprint density at radius 1 is 1.23 bits per heavy atom. The number of likely N-dealkylation sites (tertiary alicyclic amines) is 1. The zero-order valence-electron chi connectivity index (χ0n) is 13.4. The lowest BCUT2D eigenvalue weighted by Crippen LogP contribution is -2.48. The van der Waals surface area contributed by atoms with Crippen LogP contribution in [0.1, 0.15) is 26.2 Å². The Balaban J connectivity index is 1.37. The molecule has 1 aromatic heterocycles. The number of piperazine rings is 1. The molecule has 2 saturated heterocycles. The molecule has 122 valence electrons. The number of carbonyl (C=O) groups is 1. The number of aromatic amines is 1. The molecule has 0 unspecified atom stereocenters. The summed E-state index contributed by atoms with van der Waals surface area (Å²) in [6.45, 7) is 8.86. The van der Waals surface area contributed by atoms with Crippen LogP contribution < -0.4 is 4.90 Å². The second kappa shape index (κ2) is 7.09. The SMILES string of the molecule is CC1CCN(C(=O)CCN2CCN(c3ncn[nH]3)CC2)CC1. The van der Waals surface area contributed by atoms with Crippen molar-refractivity contribution in [1.82, 2.24) is 25.0 Å². The Morgan fingerprint density at radius 3 is 2.59 bits per heavy atom. The average Bonchev–Trinajstić information content (AvgIpc) is 3.08. The molecule has 2 aliphatic rings. The quantitative estimate of drug-likeness (QED) is 0.881. The van der Waals surface area contributed by atoms with Crippen LogP contribution in [0, 0.1) is 5.92 Å². The molecule has 3 heterocycles. The maximum absolute atomic E-state index is 12.3. The van der Waals surface area contributed by atoms with E-state index in [4.69, 9.17) is 0 Å². The lowest BCUT2D eigenvalue weighted by molar-refractivity contribution is -0.132. The summed E-state index contributed by atoms with van der Waals surface area (Å²) >= 11 is 0. The van der Waals surface area contributed by atoms with E-state index in [-0.39, 0.29) is 0 Å². The fourth-order valence-electron chi connectivity index (χ4n) is 3.20. The summed E-state index contributed by atoms with van der Waals surface area (Å²) in [4.78, 5) is 23.1. The molecule has 0 saturated carbocycles. The van der Waals surface area contributed by atoms with Crippen molar-refractivity contribution in [3.63, 3.8) is 0 Å². The van der Waals surface area contributed by atoms with Crippen LogP contribution >= 0.6 is 0 Å². The number of hydrogen-bond donors (Lipinski definition) is 1. The predicted molar refractivity (Wildman–Crippen MR) is 84.6 cm³/mol. The first-order chi connectivity index (χ1) is 10.7. The van der Waals surface area contributed by atoms with Crippen LogP contribution in [0.25, 0.3) is 0 Å². The molecule has 2 fully saturated rings. The third-order valence-electron chi connectivity index (χ3n) is 4.85. The van der Waals surface area contributed by atoms with Gasteiger partial charge >= 0.3 is 0 Å². The van der Waals surface area contributed by atoms with Gasteiger partial charge in [0.05, 0.1) is 0 Å². The standard InChI is InChI=1S/C15H26N6O/c1-13-2-6-20(7-3-13)14(22)4-5-19-8-10-21(11-9-19)15-16-12-17-18-15/h12-13H,2-11H2,1H3,(H,16,17,18). The summed E-state index contributed by atoms with van der Waals surface area (Å²) in [6, 6.07) is 0. The van der Waals surface area contributed by atoms with Crippen molar-refractivity contribution in [1.29, 1.82) is 0 Å². The number of carbonyl (C=O) groups excluding carboxylic acids is 1. The molecule has 2 aliphatic heterocycles. The zero-order valence-corrected chi connectivity index (χ0v) is 13.4. The van der Waals surface area contributed by atoms with Gasteiger partial charge in [-0.25, -0.2) is 5.10 Å². The Labute approximate surface area is 131 Å². The van der Waals surface area contributed by atoms with E-state index in [0.717, 1.165) is 70.5 Å². The number of anilines is 1. The van der Waals surface area contributed by atoms with Gasteiger partial charge in [0.2, 0.25) is 11.9 Å². The minimum atomic E-state index is 0.324. The summed E-state index contributed by atoms with van der Waals surface area (Å²) in [5, 5.41) is 6.80. The first kappa shape index (κ1) is 15.3. The van der Waals surface area contributed by atoms with E-state index in [2.05, 4.69) is 31.9 Å². The van der Waals surface area contributed by atoms with Gasteiger partial charge in [-0.2, -0.15) is 10.1 Å². The summed E-state index contributed by atoms with van der Waals surface area (Å²) in [5.41, 5.74) is 0. The van der Waals surface area contributed by atoms with Crippen LogP contribution in [0.2, 0.25) is 0 Å². The van der Waals surface area contributed by atoms with Crippen LogP contribution in [0.15, 0.2) is 6.33 Å². The normalized spacial score (nSPS) is 21.3. The van der Waals surface area contributed by atoms with Gasteiger partial charge in [-0.3, -0.25) is 9.69 Å². The second-order valence-corrected chi connectivity index (χ2v) is 6.45.